The first kappa shape index (κ1) is 20.0. The zero-order valence-corrected chi connectivity index (χ0v) is 15.7. The molecule has 0 bridgehead atoms. The van der Waals surface area contributed by atoms with Gasteiger partial charge in [-0.2, -0.15) is 0 Å². The highest BCUT2D eigenvalue weighted by molar-refractivity contribution is 5.91. The van der Waals surface area contributed by atoms with Crippen LogP contribution in [0.2, 0.25) is 0 Å². The molecule has 0 spiro atoms. The topological polar surface area (TPSA) is 76.7 Å². The van der Waals surface area contributed by atoms with Crippen LogP contribution in [-0.4, -0.2) is 26.3 Å². The summed E-state index contributed by atoms with van der Waals surface area (Å²) in [7, 11) is 2.59. The number of nitrogens with one attached hydrogen (secondary N) is 2. The summed E-state index contributed by atoms with van der Waals surface area (Å²) in [4.78, 5) is 24.4. The number of ether oxygens (including phenoxy) is 2. The van der Waals surface area contributed by atoms with Crippen molar-refractivity contribution in [3.05, 3.63) is 83.1 Å². The smallest absolute Gasteiger partial charge is 0.407 e. The second-order valence-electron chi connectivity index (χ2n) is 5.85. The van der Waals surface area contributed by atoms with Crippen LogP contribution in [0.4, 0.5) is 4.79 Å². The number of amides is 1. The summed E-state index contributed by atoms with van der Waals surface area (Å²) in [5.74, 6) is -0.529. The summed E-state index contributed by atoms with van der Waals surface area (Å²) >= 11 is 0. The van der Waals surface area contributed by atoms with E-state index < -0.39 is 18.1 Å². The lowest BCUT2D eigenvalue weighted by atomic mass is 9.97. The fraction of sp³-hybridized carbons (Fsp3) is 0.238. The number of allylic oxidation sites excluding steroid dienone is 1. The van der Waals surface area contributed by atoms with E-state index in [1.807, 2.05) is 60.7 Å². The lowest BCUT2D eigenvalue weighted by molar-refractivity contribution is -0.136. The SMILES string of the molecule is COC(=O)NC(C(C(=O)OC)=C(C)NCc1ccccc1)c1ccccc1. The van der Waals surface area contributed by atoms with Crippen LogP contribution in [0.3, 0.4) is 0 Å². The van der Waals surface area contributed by atoms with Crippen LogP contribution in [0, 0.1) is 0 Å². The molecule has 0 aliphatic carbocycles. The lowest BCUT2D eigenvalue weighted by Crippen LogP contribution is -2.34. The molecule has 1 atom stereocenters. The molecule has 2 aromatic rings. The van der Waals surface area contributed by atoms with E-state index in [9.17, 15) is 9.59 Å². The number of carbonyl (C=O) groups excluding carboxylic acids is 2. The molecule has 6 heteroatoms. The van der Waals surface area contributed by atoms with Crippen LogP contribution in [0.25, 0.3) is 0 Å². The summed E-state index contributed by atoms with van der Waals surface area (Å²) < 4.78 is 9.70. The second-order valence-corrected chi connectivity index (χ2v) is 5.85. The number of methoxy groups -OCH3 is 2. The summed E-state index contributed by atoms with van der Waals surface area (Å²) in [6.07, 6.45) is -0.638. The van der Waals surface area contributed by atoms with E-state index in [-0.39, 0.29) is 0 Å². The number of rotatable bonds is 7. The first-order valence-electron chi connectivity index (χ1n) is 8.53. The van der Waals surface area contributed by atoms with E-state index >= 15 is 0 Å². The Labute approximate surface area is 159 Å². The molecule has 1 unspecified atom stereocenters. The van der Waals surface area contributed by atoms with E-state index in [0.717, 1.165) is 11.1 Å². The van der Waals surface area contributed by atoms with E-state index in [0.29, 0.717) is 17.8 Å². The molecule has 0 saturated carbocycles. The third-order valence-corrected chi connectivity index (χ3v) is 4.08. The van der Waals surface area contributed by atoms with Crippen LogP contribution < -0.4 is 10.6 Å². The molecule has 2 aromatic carbocycles. The number of hydrogen-bond donors (Lipinski definition) is 2. The summed E-state index contributed by atoms with van der Waals surface area (Å²) in [6.45, 7) is 2.32. The van der Waals surface area contributed by atoms with Crippen LogP contribution in [-0.2, 0) is 20.8 Å². The first-order chi connectivity index (χ1) is 13.1. The summed E-state index contributed by atoms with van der Waals surface area (Å²) in [5.41, 5.74) is 2.73. The van der Waals surface area contributed by atoms with Gasteiger partial charge in [-0.15, -0.1) is 0 Å². The number of alkyl carbamates (subject to hydrolysis) is 1. The maximum Gasteiger partial charge on any atom is 0.407 e. The van der Waals surface area contributed by atoms with Crippen molar-refractivity contribution in [1.29, 1.82) is 0 Å². The molecule has 0 saturated heterocycles. The highest BCUT2D eigenvalue weighted by atomic mass is 16.5. The van der Waals surface area contributed by atoms with Crippen LogP contribution in [0.1, 0.15) is 24.1 Å². The molecule has 0 aliphatic rings. The highest BCUT2D eigenvalue weighted by Gasteiger charge is 2.28. The Morgan fingerprint density at radius 3 is 2.07 bits per heavy atom. The Morgan fingerprint density at radius 1 is 0.926 bits per heavy atom. The predicted octanol–water partition coefficient (Wildman–Crippen LogP) is 3.32. The fourth-order valence-corrected chi connectivity index (χ4v) is 2.67. The lowest BCUT2D eigenvalue weighted by Gasteiger charge is -2.23. The van der Waals surface area contributed by atoms with E-state index in [1.54, 1.807) is 6.92 Å². The van der Waals surface area contributed by atoms with Crippen molar-refractivity contribution in [3.8, 4) is 0 Å². The van der Waals surface area contributed by atoms with Crippen molar-refractivity contribution in [2.75, 3.05) is 14.2 Å². The van der Waals surface area contributed by atoms with Gasteiger partial charge in [-0.1, -0.05) is 60.7 Å². The molecular formula is C21H24N2O4. The van der Waals surface area contributed by atoms with Gasteiger partial charge in [-0.3, -0.25) is 0 Å². The molecular weight excluding hydrogens is 344 g/mol. The van der Waals surface area contributed by atoms with Crippen molar-refractivity contribution < 1.29 is 19.1 Å². The van der Waals surface area contributed by atoms with E-state index in [2.05, 4.69) is 10.6 Å². The van der Waals surface area contributed by atoms with Gasteiger partial charge >= 0.3 is 12.1 Å². The Morgan fingerprint density at radius 2 is 1.52 bits per heavy atom. The predicted molar refractivity (Wildman–Crippen MR) is 103 cm³/mol. The number of carbonyl (C=O) groups is 2. The molecule has 1 amide bonds. The van der Waals surface area contributed by atoms with Crippen molar-refractivity contribution in [2.24, 2.45) is 0 Å². The summed E-state index contributed by atoms with van der Waals surface area (Å²) in [5, 5.41) is 5.96. The number of esters is 1. The second kappa shape index (κ2) is 10.0. The Bertz CT molecular complexity index is 788. The molecule has 27 heavy (non-hydrogen) atoms. The molecule has 0 heterocycles. The first-order valence-corrected chi connectivity index (χ1v) is 8.53. The molecule has 0 aromatic heterocycles. The molecule has 142 valence electrons. The minimum atomic E-state index is -0.714. The fourth-order valence-electron chi connectivity index (χ4n) is 2.67. The Balaban J connectivity index is 2.39. The van der Waals surface area contributed by atoms with Crippen molar-refractivity contribution >= 4 is 12.1 Å². The average molecular weight is 368 g/mol. The van der Waals surface area contributed by atoms with Gasteiger partial charge in [0.25, 0.3) is 0 Å². The molecule has 2 rings (SSSR count). The van der Waals surface area contributed by atoms with Crippen molar-refractivity contribution in [2.45, 2.75) is 19.5 Å². The van der Waals surface area contributed by atoms with Crippen molar-refractivity contribution in [1.82, 2.24) is 10.6 Å². The minimum Gasteiger partial charge on any atom is -0.466 e. The Hall–Kier alpha value is -3.28. The third-order valence-electron chi connectivity index (χ3n) is 4.08. The van der Waals surface area contributed by atoms with Gasteiger partial charge < -0.3 is 20.1 Å². The zero-order valence-electron chi connectivity index (χ0n) is 15.7. The monoisotopic (exact) mass is 368 g/mol. The molecule has 2 N–H and O–H groups in total. The van der Waals surface area contributed by atoms with Gasteiger partial charge in [0.2, 0.25) is 0 Å². The molecule has 0 radical (unpaired) electrons. The maximum atomic E-state index is 12.5. The van der Waals surface area contributed by atoms with Gasteiger partial charge in [0.05, 0.1) is 25.8 Å². The van der Waals surface area contributed by atoms with Gasteiger partial charge in [0.1, 0.15) is 0 Å². The van der Waals surface area contributed by atoms with Gasteiger partial charge in [-0.05, 0) is 18.1 Å². The number of benzene rings is 2. The van der Waals surface area contributed by atoms with Crippen molar-refractivity contribution in [3.63, 3.8) is 0 Å². The van der Waals surface area contributed by atoms with Crippen LogP contribution in [0.15, 0.2) is 71.9 Å². The number of hydrogen-bond acceptors (Lipinski definition) is 5. The standard InChI is InChI=1S/C21H24N2O4/c1-15(22-14-16-10-6-4-7-11-16)18(20(24)26-2)19(23-21(25)27-3)17-12-8-5-9-13-17/h4-13,19,22H,14H2,1-3H3,(H,23,25). The largest absolute Gasteiger partial charge is 0.466 e. The third kappa shape index (κ3) is 5.60. The minimum absolute atomic E-state index is 0.310. The molecule has 0 fully saturated rings. The van der Waals surface area contributed by atoms with E-state index in [4.69, 9.17) is 9.47 Å². The highest BCUT2D eigenvalue weighted by Crippen LogP contribution is 2.25. The normalized spacial score (nSPS) is 12.4. The van der Waals surface area contributed by atoms with E-state index in [1.165, 1.54) is 14.2 Å². The Kier molecular flexibility index (Phi) is 7.43. The van der Waals surface area contributed by atoms with Crippen LogP contribution >= 0.6 is 0 Å². The van der Waals surface area contributed by atoms with Crippen LogP contribution in [0.5, 0.6) is 0 Å². The molecule has 0 aliphatic heterocycles. The quantitative estimate of drug-likeness (QED) is 0.579. The van der Waals surface area contributed by atoms with Gasteiger partial charge in [-0.25, -0.2) is 9.59 Å². The van der Waals surface area contributed by atoms with Gasteiger partial charge in [0, 0.05) is 12.2 Å². The maximum absolute atomic E-state index is 12.5. The zero-order chi connectivity index (χ0) is 19.6. The van der Waals surface area contributed by atoms with Gasteiger partial charge in [0.15, 0.2) is 0 Å². The summed E-state index contributed by atoms with van der Waals surface area (Å²) in [6, 6.07) is 18.3. The average Bonchev–Trinajstić information content (AvgIpc) is 2.72. The molecule has 6 nitrogen and oxygen atoms in total.